The van der Waals surface area contributed by atoms with Gasteiger partial charge in [0.2, 0.25) is 0 Å². The number of rotatable bonds is 4. The highest BCUT2D eigenvalue weighted by molar-refractivity contribution is 7.07. The minimum Gasteiger partial charge on any atom is -0.378 e. The van der Waals surface area contributed by atoms with Crippen LogP contribution < -0.4 is 15.4 Å². The normalized spacial score (nSPS) is 21.6. The molecule has 0 spiro atoms. The first kappa shape index (κ1) is 17.6. The number of morpholine rings is 1. The van der Waals surface area contributed by atoms with Crippen molar-refractivity contribution in [3.63, 3.8) is 0 Å². The Bertz CT molecular complexity index is 753. The highest BCUT2D eigenvalue weighted by atomic mass is 32.1. The first-order valence-electron chi connectivity index (χ1n) is 9.64. The quantitative estimate of drug-likeness (QED) is 0.894. The van der Waals surface area contributed by atoms with E-state index in [4.69, 9.17) is 4.74 Å². The number of hydrogen-bond donors (Lipinski definition) is 1. The van der Waals surface area contributed by atoms with Crippen LogP contribution in [-0.4, -0.2) is 43.9 Å². The van der Waals surface area contributed by atoms with Crippen LogP contribution >= 0.6 is 11.3 Å². The molecule has 4 heterocycles. The molecular formula is C20H27N3O2S. The van der Waals surface area contributed by atoms with Gasteiger partial charge in [-0.25, -0.2) is 0 Å². The largest absolute Gasteiger partial charge is 0.378 e. The minimum absolute atomic E-state index is 0.0116. The number of nitrogens with one attached hydrogen (secondary N) is 1. The Hall–Kier alpha value is -1.79. The molecule has 6 heteroatoms. The van der Waals surface area contributed by atoms with E-state index in [1.54, 1.807) is 17.4 Å². The van der Waals surface area contributed by atoms with E-state index in [0.29, 0.717) is 6.04 Å². The lowest BCUT2D eigenvalue weighted by molar-refractivity contribution is 0.122. The SMILES string of the molecule is O=c1cc(N2CCOCC2)cc(N2CCCCCC2Cc2ccsc2)[nH]1. The van der Waals surface area contributed by atoms with Crippen molar-refractivity contribution in [3.8, 4) is 0 Å². The first-order chi connectivity index (χ1) is 12.8. The predicted octanol–water partition coefficient (Wildman–Crippen LogP) is 3.26. The van der Waals surface area contributed by atoms with Gasteiger partial charge in [0, 0.05) is 43.5 Å². The Morgan fingerprint density at radius 3 is 2.85 bits per heavy atom. The highest BCUT2D eigenvalue weighted by Crippen LogP contribution is 2.27. The van der Waals surface area contributed by atoms with E-state index >= 15 is 0 Å². The summed E-state index contributed by atoms with van der Waals surface area (Å²) in [6.07, 6.45) is 5.94. The second-order valence-corrected chi connectivity index (χ2v) is 8.00. The van der Waals surface area contributed by atoms with Gasteiger partial charge in [0.15, 0.2) is 0 Å². The van der Waals surface area contributed by atoms with Gasteiger partial charge in [0.05, 0.1) is 13.2 Å². The van der Waals surface area contributed by atoms with E-state index < -0.39 is 0 Å². The smallest absolute Gasteiger partial charge is 0.251 e. The van der Waals surface area contributed by atoms with Crippen molar-refractivity contribution in [1.82, 2.24) is 4.98 Å². The summed E-state index contributed by atoms with van der Waals surface area (Å²) in [6, 6.07) is 6.56. The summed E-state index contributed by atoms with van der Waals surface area (Å²) in [5.74, 6) is 0.973. The van der Waals surface area contributed by atoms with Crippen molar-refractivity contribution >= 4 is 22.8 Å². The molecule has 140 valence electrons. The lowest BCUT2D eigenvalue weighted by Gasteiger charge is -2.33. The van der Waals surface area contributed by atoms with Crippen LogP contribution in [0.15, 0.2) is 33.8 Å². The third-order valence-electron chi connectivity index (χ3n) is 5.43. The molecule has 1 atom stereocenters. The molecule has 2 aromatic rings. The van der Waals surface area contributed by atoms with E-state index in [1.165, 1.54) is 31.2 Å². The fourth-order valence-corrected chi connectivity index (χ4v) is 4.74. The number of anilines is 2. The molecule has 2 aliphatic heterocycles. The van der Waals surface area contributed by atoms with E-state index in [2.05, 4.69) is 37.7 Å². The lowest BCUT2D eigenvalue weighted by atomic mass is 10.0. The zero-order valence-corrected chi connectivity index (χ0v) is 16.0. The molecule has 0 aromatic carbocycles. The Kier molecular flexibility index (Phi) is 5.60. The molecule has 1 unspecified atom stereocenters. The second kappa shape index (κ2) is 8.27. The summed E-state index contributed by atoms with van der Waals surface area (Å²) in [5, 5.41) is 4.40. The molecule has 2 aliphatic rings. The van der Waals surface area contributed by atoms with Crippen LogP contribution in [0.4, 0.5) is 11.5 Å². The third kappa shape index (κ3) is 4.13. The Morgan fingerprint density at radius 1 is 1.15 bits per heavy atom. The molecule has 0 radical (unpaired) electrons. The molecule has 0 saturated carbocycles. The van der Waals surface area contributed by atoms with Crippen LogP contribution in [0.3, 0.4) is 0 Å². The topological polar surface area (TPSA) is 48.6 Å². The number of ether oxygens (including phenoxy) is 1. The van der Waals surface area contributed by atoms with Crippen molar-refractivity contribution in [3.05, 3.63) is 44.9 Å². The Morgan fingerprint density at radius 2 is 2.04 bits per heavy atom. The maximum Gasteiger partial charge on any atom is 0.251 e. The molecule has 2 aromatic heterocycles. The van der Waals surface area contributed by atoms with Crippen LogP contribution in [0.25, 0.3) is 0 Å². The van der Waals surface area contributed by atoms with Crippen molar-refractivity contribution in [1.29, 1.82) is 0 Å². The van der Waals surface area contributed by atoms with Gasteiger partial charge >= 0.3 is 0 Å². The summed E-state index contributed by atoms with van der Waals surface area (Å²) < 4.78 is 5.45. The summed E-state index contributed by atoms with van der Waals surface area (Å²) >= 11 is 1.76. The summed E-state index contributed by atoms with van der Waals surface area (Å²) in [6.45, 7) is 4.17. The molecule has 5 nitrogen and oxygen atoms in total. The Balaban J connectivity index is 1.62. The molecule has 0 amide bonds. The average molecular weight is 374 g/mol. The van der Waals surface area contributed by atoms with Crippen LogP contribution in [-0.2, 0) is 11.2 Å². The van der Waals surface area contributed by atoms with Crippen LogP contribution in [0.5, 0.6) is 0 Å². The van der Waals surface area contributed by atoms with Gasteiger partial charge in [0.25, 0.3) is 5.56 Å². The monoisotopic (exact) mass is 373 g/mol. The molecule has 2 saturated heterocycles. The van der Waals surface area contributed by atoms with Crippen LogP contribution in [0.2, 0.25) is 0 Å². The summed E-state index contributed by atoms with van der Waals surface area (Å²) in [5.41, 5.74) is 2.41. The molecule has 2 fully saturated rings. The van der Waals surface area contributed by atoms with Gasteiger partial charge in [0.1, 0.15) is 5.82 Å². The zero-order chi connectivity index (χ0) is 17.8. The molecule has 0 bridgehead atoms. The molecule has 26 heavy (non-hydrogen) atoms. The molecule has 0 aliphatic carbocycles. The summed E-state index contributed by atoms with van der Waals surface area (Å²) in [7, 11) is 0. The number of nitrogens with zero attached hydrogens (tertiary/aromatic N) is 2. The number of aromatic amines is 1. The van der Waals surface area contributed by atoms with Crippen molar-refractivity contribution in [2.75, 3.05) is 42.6 Å². The predicted molar refractivity (Wildman–Crippen MR) is 108 cm³/mol. The van der Waals surface area contributed by atoms with E-state index in [0.717, 1.165) is 50.8 Å². The zero-order valence-electron chi connectivity index (χ0n) is 15.2. The number of thiophene rings is 1. The van der Waals surface area contributed by atoms with Crippen molar-refractivity contribution < 1.29 is 4.74 Å². The number of aromatic nitrogens is 1. The average Bonchev–Trinajstić information content (AvgIpc) is 3.06. The number of H-pyrrole nitrogens is 1. The highest BCUT2D eigenvalue weighted by Gasteiger charge is 2.24. The first-order valence-corrected chi connectivity index (χ1v) is 10.6. The fourth-order valence-electron chi connectivity index (χ4n) is 4.06. The van der Waals surface area contributed by atoms with Crippen LogP contribution in [0.1, 0.15) is 31.2 Å². The maximum atomic E-state index is 12.4. The third-order valence-corrected chi connectivity index (χ3v) is 6.16. The molecular weight excluding hydrogens is 346 g/mol. The molecule has 1 N–H and O–H groups in total. The van der Waals surface area contributed by atoms with Gasteiger partial charge in [-0.15, -0.1) is 0 Å². The van der Waals surface area contributed by atoms with Crippen molar-refractivity contribution in [2.45, 2.75) is 38.1 Å². The lowest BCUT2D eigenvalue weighted by Crippen LogP contribution is -2.39. The van der Waals surface area contributed by atoms with Gasteiger partial charge in [-0.1, -0.05) is 12.8 Å². The standard InChI is InChI=1S/C20H27N3O2S/c24-20-14-18(22-7-9-25-10-8-22)13-19(21-20)23-6-3-1-2-4-17(23)12-16-5-11-26-15-16/h5,11,13-15,17H,1-4,6-10,12H2,(H,21,24). The van der Waals surface area contributed by atoms with E-state index in [1.807, 2.05) is 0 Å². The minimum atomic E-state index is -0.0116. The van der Waals surface area contributed by atoms with Gasteiger partial charge in [-0.05, 0) is 41.7 Å². The second-order valence-electron chi connectivity index (χ2n) is 7.22. The Labute approximate surface area is 158 Å². The number of pyridine rings is 1. The van der Waals surface area contributed by atoms with E-state index in [9.17, 15) is 4.79 Å². The fraction of sp³-hybridized carbons (Fsp3) is 0.550. The molecule has 4 rings (SSSR count). The van der Waals surface area contributed by atoms with Crippen molar-refractivity contribution in [2.24, 2.45) is 0 Å². The summed E-state index contributed by atoms with van der Waals surface area (Å²) in [4.78, 5) is 20.2. The maximum absolute atomic E-state index is 12.4. The van der Waals surface area contributed by atoms with Gasteiger partial charge in [-0.3, -0.25) is 4.79 Å². The number of hydrogen-bond acceptors (Lipinski definition) is 5. The van der Waals surface area contributed by atoms with E-state index in [-0.39, 0.29) is 5.56 Å². The van der Waals surface area contributed by atoms with Gasteiger partial charge in [-0.2, -0.15) is 11.3 Å². The van der Waals surface area contributed by atoms with Crippen LogP contribution in [0, 0.1) is 0 Å². The van der Waals surface area contributed by atoms with Gasteiger partial charge < -0.3 is 19.5 Å².